The van der Waals surface area contributed by atoms with Gasteiger partial charge in [0, 0.05) is 19.4 Å². The number of hydrogen-bond acceptors (Lipinski definition) is 2. The van der Waals surface area contributed by atoms with E-state index >= 15 is 0 Å². The van der Waals surface area contributed by atoms with Gasteiger partial charge in [0.25, 0.3) is 0 Å². The van der Waals surface area contributed by atoms with Crippen LogP contribution in [0.3, 0.4) is 0 Å². The Morgan fingerprint density at radius 3 is 2.67 bits per heavy atom. The van der Waals surface area contributed by atoms with Crippen LogP contribution >= 0.6 is 0 Å². The number of Topliss-reactive ketones (excluding diaryl/α,β-unsaturated/α-hetero) is 1. The van der Waals surface area contributed by atoms with Gasteiger partial charge in [-0.15, -0.1) is 0 Å². The fourth-order valence-corrected chi connectivity index (χ4v) is 1.47. The maximum absolute atomic E-state index is 10.9. The molecule has 0 saturated heterocycles. The first kappa shape index (κ1) is 9.72. The van der Waals surface area contributed by atoms with Crippen LogP contribution in [0.5, 0.6) is 0 Å². The monoisotopic (exact) mass is 170 g/mol. The molecule has 0 bridgehead atoms. The van der Waals surface area contributed by atoms with Gasteiger partial charge in [0.2, 0.25) is 0 Å². The van der Waals surface area contributed by atoms with Gasteiger partial charge in [-0.3, -0.25) is 4.79 Å². The second kappa shape index (κ2) is 5.31. The second-order valence-electron chi connectivity index (χ2n) is 3.46. The van der Waals surface area contributed by atoms with Crippen molar-refractivity contribution in [3.8, 4) is 0 Å². The van der Waals surface area contributed by atoms with Gasteiger partial charge in [-0.2, -0.15) is 0 Å². The first-order valence-electron chi connectivity index (χ1n) is 4.96. The molecule has 0 atom stereocenters. The van der Waals surface area contributed by atoms with Gasteiger partial charge in [-0.05, 0) is 19.3 Å². The fraction of sp³-hybridized carbons (Fsp3) is 0.900. The molecule has 0 aliphatic heterocycles. The average molecular weight is 170 g/mol. The van der Waals surface area contributed by atoms with E-state index in [9.17, 15) is 4.79 Å². The molecule has 1 rings (SSSR count). The number of ether oxygens (including phenoxy) is 1. The number of unbranched alkanes of at least 4 members (excludes halogenated alkanes) is 1. The van der Waals surface area contributed by atoms with Crippen molar-refractivity contribution in [2.75, 3.05) is 6.61 Å². The van der Waals surface area contributed by atoms with Crippen molar-refractivity contribution >= 4 is 5.78 Å². The molecule has 0 aromatic heterocycles. The molecule has 0 spiro atoms. The van der Waals surface area contributed by atoms with E-state index in [2.05, 4.69) is 6.92 Å². The van der Waals surface area contributed by atoms with Crippen LogP contribution in [0.25, 0.3) is 0 Å². The van der Waals surface area contributed by atoms with Crippen molar-refractivity contribution in [1.82, 2.24) is 0 Å². The lowest BCUT2D eigenvalue weighted by atomic mass is 9.96. The van der Waals surface area contributed by atoms with E-state index in [0.29, 0.717) is 11.9 Å². The molecule has 2 heteroatoms. The van der Waals surface area contributed by atoms with Crippen molar-refractivity contribution in [2.24, 2.45) is 0 Å². The third-order valence-corrected chi connectivity index (χ3v) is 2.34. The Bertz CT molecular complexity index is 133. The summed E-state index contributed by atoms with van der Waals surface area (Å²) in [5, 5.41) is 0. The van der Waals surface area contributed by atoms with E-state index in [1.54, 1.807) is 0 Å². The lowest BCUT2D eigenvalue weighted by Crippen LogP contribution is -2.21. The number of rotatable bonds is 4. The molecule has 70 valence electrons. The molecule has 12 heavy (non-hydrogen) atoms. The van der Waals surface area contributed by atoms with Gasteiger partial charge >= 0.3 is 0 Å². The molecule has 0 aromatic carbocycles. The first-order chi connectivity index (χ1) is 5.83. The van der Waals surface area contributed by atoms with Crippen molar-refractivity contribution in [3.63, 3.8) is 0 Å². The standard InChI is InChI=1S/C10H18O2/c1-2-3-8-12-10-6-4-9(11)5-7-10/h10H,2-8H2,1H3. The molecular weight excluding hydrogens is 152 g/mol. The van der Waals surface area contributed by atoms with E-state index in [0.717, 1.165) is 38.7 Å². The summed E-state index contributed by atoms with van der Waals surface area (Å²) in [6.07, 6.45) is 6.06. The molecule has 1 aliphatic carbocycles. The van der Waals surface area contributed by atoms with E-state index in [4.69, 9.17) is 4.74 Å². The van der Waals surface area contributed by atoms with Crippen LogP contribution in [0.2, 0.25) is 0 Å². The molecule has 0 aromatic rings. The van der Waals surface area contributed by atoms with E-state index < -0.39 is 0 Å². The lowest BCUT2D eigenvalue weighted by molar-refractivity contribution is -0.123. The molecule has 1 saturated carbocycles. The summed E-state index contributed by atoms with van der Waals surface area (Å²) >= 11 is 0. The maximum atomic E-state index is 10.9. The van der Waals surface area contributed by atoms with Gasteiger partial charge in [-0.25, -0.2) is 0 Å². The van der Waals surface area contributed by atoms with E-state index in [1.165, 1.54) is 6.42 Å². The summed E-state index contributed by atoms with van der Waals surface area (Å²) in [6.45, 7) is 3.03. The highest BCUT2D eigenvalue weighted by Crippen LogP contribution is 2.17. The van der Waals surface area contributed by atoms with Gasteiger partial charge in [0.05, 0.1) is 6.10 Å². The molecule has 0 amide bonds. The van der Waals surface area contributed by atoms with Crippen molar-refractivity contribution in [2.45, 2.75) is 51.6 Å². The third kappa shape index (κ3) is 3.35. The van der Waals surface area contributed by atoms with Crippen molar-refractivity contribution in [1.29, 1.82) is 0 Å². The van der Waals surface area contributed by atoms with Crippen LogP contribution in [0.1, 0.15) is 45.4 Å². The smallest absolute Gasteiger partial charge is 0.133 e. The van der Waals surface area contributed by atoms with E-state index in [1.807, 2.05) is 0 Å². The van der Waals surface area contributed by atoms with Crippen molar-refractivity contribution < 1.29 is 9.53 Å². The molecule has 0 N–H and O–H groups in total. The number of carbonyl (C=O) groups is 1. The SMILES string of the molecule is CCCCOC1CCC(=O)CC1. The summed E-state index contributed by atoms with van der Waals surface area (Å²) in [7, 11) is 0. The molecule has 1 fully saturated rings. The predicted molar refractivity (Wildman–Crippen MR) is 48.1 cm³/mol. The highest BCUT2D eigenvalue weighted by atomic mass is 16.5. The molecule has 2 nitrogen and oxygen atoms in total. The zero-order chi connectivity index (χ0) is 8.81. The largest absolute Gasteiger partial charge is 0.378 e. The Labute approximate surface area is 74.3 Å². The zero-order valence-corrected chi connectivity index (χ0v) is 7.84. The minimum absolute atomic E-state index is 0.370. The Hall–Kier alpha value is -0.370. The summed E-state index contributed by atoms with van der Waals surface area (Å²) in [6, 6.07) is 0. The maximum Gasteiger partial charge on any atom is 0.133 e. The minimum atomic E-state index is 0.370. The topological polar surface area (TPSA) is 26.3 Å². The van der Waals surface area contributed by atoms with Crippen LogP contribution < -0.4 is 0 Å². The van der Waals surface area contributed by atoms with Crippen molar-refractivity contribution in [3.05, 3.63) is 0 Å². The van der Waals surface area contributed by atoms with Crippen LogP contribution in [0.15, 0.2) is 0 Å². The zero-order valence-electron chi connectivity index (χ0n) is 7.84. The van der Waals surface area contributed by atoms with Gasteiger partial charge in [-0.1, -0.05) is 13.3 Å². The van der Waals surface area contributed by atoms with Gasteiger partial charge < -0.3 is 4.74 Å². The number of ketones is 1. The summed E-state index contributed by atoms with van der Waals surface area (Å²) < 4.78 is 5.62. The fourth-order valence-electron chi connectivity index (χ4n) is 1.47. The van der Waals surface area contributed by atoms with Crippen LogP contribution in [0, 0.1) is 0 Å². The molecular formula is C10H18O2. The molecule has 1 aliphatic rings. The number of hydrogen-bond donors (Lipinski definition) is 0. The number of carbonyl (C=O) groups excluding carboxylic acids is 1. The molecule has 0 radical (unpaired) electrons. The Morgan fingerprint density at radius 2 is 2.08 bits per heavy atom. The summed E-state index contributed by atoms with van der Waals surface area (Å²) in [5.74, 6) is 0.408. The Balaban J connectivity index is 2.05. The normalized spacial score (nSPS) is 19.9. The van der Waals surface area contributed by atoms with E-state index in [-0.39, 0.29) is 0 Å². The molecule has 0 heterocycles. The predicted octanol–water partition coefficient (Wildman–Crippen LogP) is 2.31. The minimum Gasteiger partial charge on any atom is -0.378 e. The highest BCUT2D eigenvalue weighted by Gasteiger charge is 2.18. The van der Waals surface area contributed by atoms with Gasteiger partial charge in [0.15, 0.2) is 0 Å². The molecule has 0 unspecified atom stereocenters. The van der Waals surface area contributed by atoms with Crippen LogP contribution in [-0.4, -0.2) is 18.5 Å². The lowest BCUT2D eigenvalue weighted by Gasteiger charge is -2.21. The first-order valence-corrected chi connectivity index (χ1v) is 4.96. The Morgan fingerprint density at radius 1 is 1.42 bits per heavy atom. The highest BCUT2D eigenvalue weighted by molar-refractivity contribution is 5.79. The third-order valence-electron chi connectivity index (χ3n) is 2.34. The van der Waals surface area contributed by atoms with Gasteiger partial charge in [0.1, 0.15) is 5.78 Å². The Kier molecular flexibility index (Phi) is 4.30. The van der Waals surface area contributed by atoms with Crippen LogP contribution in [-0.2, 0) is 9.53 Å². The summed E-state index contributed by atoms with van der Waals surface area (Å²) in [4.78, 5) is 10.9. The quantitative estimate of drug-likeness (QED) is 0.605. The average Bonchev–Trinajstić information content (AvgIpc) is 2.09. The second-order valence-corrected chi connectivity index (χ2v) is 3.46. The van der Waals surface area contributed by atoms with Crippen LogP contribution in [0.4, 0.5) is 0 Å². The summed E-state index contributed by atoms with van der Waals surface area (Å²) in [5.41, 5.74) is 0.